The monoisotopic (exact) mass is 445 g/mol. The van der Waals surface area contributed by atoms with Crippen LogP contribution in [-0.2, 0) is 11.3 Å². The van der Waals surface area contributed by atoms with Crippen LogP contribution in [0.3, 0.4) is 0 Å². The van der Waals surface area contributed by atoms with Crippen molar-refractivity contribution >= 4 is 23.2 Å². The zero-order chi connectivity index (χ0) is 22.4. The molecule has 0 N–H and O–H groups in total. The number of benzene rings is 1. The van der Waals surface area contributed by atoms with Crippen LogP contribution in [0.25, 0.3) is 0 Å². The van der Waals surface area contributed by atoms with Crippen LogP contribution in [0, 0.1) is 11.2 Å². The van der Waals surface area contributed by atoms with E-state index in [1.165, 1.54) is 23.5 Å². The van der Waals surface area contributed by atoms with Crippen molar-refractivity contribution in [3.63, 3.8) is 0 Å². The first kappa shape index (κ1) is 23.4. The van der Waals surface area contributed by atoms with Gasteiger partial charge in [-0.15, -0.1) is 11.3 Å². The summed E-state index contributed by atoms with van der Waals surface area (Å²) in [5.41, 5.74) is 0.835. The smallest absolute Gasteiger partial charge is 0.264 e. The van der Waals surface area contributed by atoms with Crippen molar-refractivity contribution in [1.82, 2.24) is 14.7 Å². The first-order chi connectivity index (χ1) is 14.7. The Balaban J connectivity index is 1.55. The quantitative estimate of drug-likeness (QED) is 0.644. The van der Waals surface area contributed by atoms with Crippen LogP contribution in [0.1, 0.15) is 42.4 Å². The van der Waals surface area contributed by atoms with Gasteiger partial charge in [0.25, 0.3) is 5.91 Å². The lowest BCUT2D eigenvalue weighted by Gasteiger charge is -2.36. The van der Waals surface area contributed by atoms with E-state index in [0.29, 0.717) is 32.6 Å². The molecule has 0 radical (unpaired) electrons. The van der Waals surface area contributed by atoms with Crippen molar-refractivity contribution in [2.45, 2.75) is 33.7 Å². The highest BCUT2D eigenvalue weighted by Crippen LogP contribution is 2.21. The fraction of sp³-hybridized carbons (Fsp3) is 0.500. The van der Waals surface area contributed by atoms with Gasteiger partial charge in [-0.05, 0) is 34.6 Å². The summed E-state index contributed by atoms with van der Waals surface area (Å²) in [6, 6.07) is 10.1. The lowest BCUT2D eigenvalue weighted by Crippen LogP contribution is -2.50. The number of thiophene rings is 1. The molecule has 0 unspecified atom stereocenters. The van der Waals surface area contributed by atoms with Crippen molar-refractivity contribution in [3.05, 3.63) is 58.0 Å². The van der Waals surface area contributed by atoms with Crippen molar-refractivity contribution in [3.8, 4) is 0 Å². The van der Waals surface area contributed by atoms with Crippen LogP contribution in [0.2, 0.25) is 0 Å². The summed E-state index contributed by atoms with van der Waals surface area (Å²) in [4.78, 5) is 32.4. The van der Waals surface area contributed by atoms with Gasteiger partial charge in [0.1, 0.15) is 5.82 Å². The van der Waals surface area contributed by atoms with Gasteiger partial charge in [-0.2, -0.15) is 0 Å². The number of amides is 2. The zero-order valence-electron chi connectivity index (χ0n) is 18.6. The Morgan fingerprint density at radius 3 is 2.32 bits per heavy atom. The minimum atomic E-state index is -0.272. The van der Waals surface area contributed by atoms with Crippen molar-refractivity contribution in [1.29, 1.82) is 0 Å². The van der Waals surface area contributed by atoms with E-state index in [-0.39, 0.29) is 23.0 Å². The maximum absolute atomic E-state index is 13.3. The van der Waals surface area contributed by atoms with Gasteiger partial charge < -0.3 is 9.80 Å². The van der Waals surface area contributed by atoms with E-state index in [0.717, 1.165) is 30.1 Å². The van der Waals surface area contributed by atoms with E-state index in [1.807, 2.05) is 27.3 Å². The molecule has 1 aliphatic rings. The van der Waals surface area contributed by atoms with Gasteiger partial charge in [-0.3, -0.25) is 14.5 Å². The molecule has 0 spiro atoms. The second kappa shape index (κ2) is 10.4. The highest BCUT2D eigenvalue weighted by Gasteiger charge is 2.25. The summed E-state index contributed by atoms with van der Waals surface area (Å²) >= 11 is 1.48. The predicted molar refractivity (Wildman–Crippen MR) is 123 cm³/mol. The molecule has 2 amide bonds. The Bertz CT molecular complexity index is 854. The molecule has 1 saturated heterocycles. The molecular weight excluding hydrogens is 413 g/mol. The zero-order valence-corrected chi connectivity index (χ0v) is 19.5. The highest BCUT2D eigenvalue weighted by atomic mass is 32.1. The molecule has 31 heavy (non-hydrogen) atoms. The van der Waals surface area contributed by atoms with E-state index in [4.69, 9.17) is 0 Å². The SMILES string of the molecule is CC(C)(C)CC(=O)N(CCN1CCN(C(=O)c2cccs2)CC1)Cc1ccc(F)cc1. The van der Waals surface area contributed by atoms with Crippen molar-refractivity contribution in [2.24, 2.45) is 5.41 Å². The maximum atomic E-state index is 13.3. The van der Waals surface area contributed by atoms with Gasteiger partial charge in [-0.25, -0.2) is 4.39 Å². The Labute approximate surface area is 188 Å². The molecule has 7 heteroatoms. The second-order valence-corrected chi connectivity index (χ2v) is 10.2. The maximum Gasteiger partial charge on any atom is 0.264 e. The van der Waals surface area contributed by atoms with Gasteiger partial charge >= 0.3 is 0 Å². The number of hydrogen-bond donors (Lipinski definition) is 0. The molecular formula is C24H32FN3O2S. The summed E-state index contributed by atoms with van der Waals surface area (Å²) in [6.07, 6.45) is 0.470. The summed E-state index contributed by atoms with van der Waals surface area (Å²) in [6.45, 7) is 11.0. The van der Waals surface area contributed by atoms with Crippen LogP contribution in [-0.4, -0.2) is 65.8 Å². The highest BCUT2D eigenvalue weighted by molar-refractivity contribution is 7.12. The van der Waals surface area contributed by atoms with Crippen LogP contribution in [0.5, 0.6) is 0 Å². The average Bonchev–Trinajstić information content (AvgIpc) is 3.26. The third kappa shape index (κ3) is 7.14. The first-order valence-electron chi connectivity index (χ1n) is 10.8. The summed E-state index contributed by atoms with van der Waals surface area (Å²) in [7, 11) is 0. The third-order valence-corrected chi connectivity index (χ3v) is 6.26. The van der Waals surface area contributed by atoms with Crippen LogP contribution < -0.4 is 0 Å². The molecule has 2 aromatic rings. The molecule has 0 atom stereocenters. The molecule has 5 nitrogen and oxygen atoms in total. The number of piperazine rings is 1. The van der Waals surface area contributed by atoms with Gasteiger partial charge in [0.05, 0.1) is 4.88 Å². The molecule has 168 valence electrons. The standard InChI is InChI=1S/C24H32FN3O2S/c1-24(2,3)17-22(29)28(18-19-6-8-20(25)9-7-19)15-12-26-10-13-27(14-11-26)23(30)21-5-4-16-31-21/h4-9,16H,10-15,17-18H2,1-3H3. The minimum Gasteiger partial charge on any atom is -0.337 e. The Morgan fingerprint density at radius 1 is 1.06 bits per heavy atom. The van der Waals surface area contributed by atoms with E-state index >= 15 is 0 Å². The van der Waals surface area contributed by atoms with Crippen LogP contribution in [0.15, 0.2) is 41.8 Å². The number of rotatable bonds is 7. The topological polar surface area (TPSA) is 43.9 Å². The number of hydrogen-bond acceptors (Lipinski definition) is 4. The van der Waals surface area contributed by atoms with Gasteiger partial charge in [-0.1, -0.05) is 39.0 Å². The van der Waals surface area contributed by atoms with Gasteiger partial charge in [0, 0.05) is 52.2 Å². The summed E-state index contributed by atoms with van der Waals surface area (Å²) in [5.74, 6) is -0.0532. The molecule has 1 aromatic carbocycles. The first-order valence-corrected chi connectivity index (χ1v) is 11.7. The molecule has 2 heterocycles. The number of carbonyl (C=O) groups excluding carboxylic acids is 2. The third-order valence-electron chi connectivity index (χ3n) is 5.40. The van der Waals surface area contributed by atoms with Gasteiger partial charge in [0.2, 0.25) is 5.91 Å². The lowest BCUT2D eigenvalue weighted by atomic mass is 9.91. The molecule has 0 aliphatic carbocycles. The second-order valence-electron chi connectivity index (χ2n) is 9.29. The van der Waals surface area contributed by atoms with E-state index in [9.17, 15) is 14.0 Å². The van der Waals surface area contributed by atoms with E-state index < -0.39 is 0 Å². The number of nitrogens with zero attached hydrogens (tertiary/aromatic N) is 3. The number of carbonyl (C=O) groups is 2. The Kier molecular flexibility index (Phi) is 7.84. The average molecular weight is 446 g/mol. The minimum absolute atomic E-state index is 0.0914. The summed E-state index contributed by atoms with van der Waals surface area (Å²) < 4.78 is 13.3. The Hall–Kier alpha value is -2.25. The molecule has 0 saturated carbocycles. The van der Waals surface area contributed by atoms with E-state index in [2.05, 4.69) is 25.7 Å². The Morgan fingerprint density at radius 2 is 1.74 bits per heavy atom. The fourth-order valence-electron chi connectivity index (χ4n) is 3.66. The molecule has 1 fully saturated rings. The summed E-state index contributed by atoms with van der Waals surface area (Å²) in [5, 5.41) is 1.92. The normalized spacial score (nSPS) is 15.2. The molecule has 3 rings (SSSR count). The van der Waals surface area contributed by atoms with Gasteiger partial charge in [0.15, 0.2) is 0 Å². The van der Waals surface area contributed by atoms with E-state index in [1.54, 1.807) is 12.1 Å². The fourth-order valence-corrected chi connectivity index (χ4v) is 4.35. The largest absolute Gasteiger partial charge is 0.337 e. The van der Waals surface area contributed by atoms with Crippen molar-refractivity contribution in [2.75, 3.05) is 39.3 Å². The lowest BCUT2D eigenvalue weighted by molar-refractivity contribution is -0.134. The number of halogens is 1. The van der Waals surface area contributed by atoms with Crippen LogP contribution in [0.4, 0.5) is 4.39 Å². The molecule has 1 aromatic heterocycles. The molecule has 1 aliphatic heterocycles. The molecule has 0 bridgehead atoms. The van der Waals surface area contributed by atoms with Crippen LogP contribution >= 0.6 is 11.3 Å². The predicted octanol–water partition coefficient (Wildman–Crippen LogP) is 4.11. The van der Waals surface area contributed by atoms with Crippen molar-refractivity contribution < 1.29 is 14.0 Å².